The summed E-state index contributed by atoms with van der Waals surface area (Å²) in [5, 5.41) is 3.04. The van der Waals surface area contributed by atoms with Crippen LogP contribution < -0.4 is 10.2 Å². The number of anilines is 1. The summed E-state index contributed by atoms with van der Waals surface area (Å²) in [4.78, 5) is 40.4. The Kier molecular flexibility index (Phi) is 5.64. The Morgan fingerprint density at radius 3 is 2.54 bits per heavy atom. The molecule has 4 rings (SSSR count). The van der Waals surface area contributed by atoms with Crippen molar-refractivity contribution >= 4 is 23.4 Å². The van der Waals surface area contributed by atoms with Crippen molar-refractivity contribution in [2.24, 2.45) is 5.92 Å². The lowest BCUT2D eigenvalue weighted by Gasteiger charge is -2.32. The Morgan fingerprint density at radius 2 is 1.86 bits per heavy atom. The summed E-state index contributed by atoms with van der Waals surface area (Å²) in [6, 6.07) is 7.87. The third-order valence-electron chi connectivity index (χ3n) is 6.10. The van der Waals surface area contributed by atoms with Gasteiger partial charge in [-0.25, -0.2) is 0 Å². The number of hydrogen-bond donors (Lipinski definition) is 1. The molecular formula is C22H29N3O3. The third kappa shape index (κ3) is 4.54. The Bertz CT molecular complexity index is 751. The first-order valence-electron chi connectivity index (χ1n) is 10.6. The molecule has 0 radical (unpaired) electrons. The maximum atomic E-state index is 12.9. The highest BCUT2D eigenvalue weighted by molar-refractivity contribution is 5.99. The second-order valence-corrected chi connectivity index (χ2v) is 8.32. The molecule has 1 saturated carbocycles. The van der Waals surface area contributed by atoms with Gasteiger partial charge >= 0.3 is 0 Å². The SMILES string of the molecule is O=C(CCC1CCN(C(=O)c2cccc(N3CCCC3=O)c2)CC1)NC1CC1. The summed E-state index contributed by atoms with van der Waals surface area (Å²) in [5.74, 6) is 0.867. The van der Waals surface area contributed by atoms with Crippen molar-refractivity contribution in [2.45, 2.75) is 57.4 Å². The summed E-state index contributed by atoms with van der Waals surface area (Å²) in [5.41, 5.74) is 1.48. The van der Waals surface area contributed by atoms with E-state index >= 15 is 0 Å². The number of carbonyl (C=O) groups excluding carboxylic acids is 3. The zero-order valence-corrected chi connectivity index (χ0v) is 16.4. The average Bonchev–Trinajstić information content (AvgIpc) is 3.43. The van der Waals surface area contributed by atoms with Crippen molar-refractivity contribution in [3.63, 3.8) is 0 Å². The van der Waals surface area contributed by atoms with Crippen molar-refractivity contribution in [2.75, 3.05) is 24.5 Å². The van der Waals surface area contributed by atoms with Crippen LogP contribution in [0, 0.1) is 5.92 Å². The molecule has 3 fully saturated rings. The molecule has 1 N–H and O–H groups in total. The first-order valence-corrected chi connectivity index (χ1v) is 10.6. The molecule has 0 aromatic heterocycles. The second-order valence-electron chi connectivity index (χ2n) is 8.32. The lowest BCUT2D eigenvalue weighted by Crippen LogP contribution is -2.39. The average molecular weight is 383 g/mol. The molecule has 3 aliphatic rings. The summed E-state index contributed by atoms with van der Waals surface area (Å²) < 4.78 is 0. The van der Waals surface area contributed by atoms with E-state index in [1.165, 1.54) is 0 Å². The third-order valence-corrected chi connectivity index (χ3v) is 6.10. The van der Waals surface area contributed by atoms with E-state index in [0.717, 1.165) is 63.8 Å². The Hall–Kier alpha value is -2.37. The fourth-order valence-electron chi connectivity index (χ4n) is 4.20. The summed E-state index contributed by atoms with van der Waals surface area (Å²) >= 11 is 0. The lowest BCUT2D eigenvalue weighted by molar-refractivity contribution is -0.121. The number of amides is 3. The Balaban J connectivity index is 1.28. The number of likely N-dealkylation sites (tertiary alicyclic amines) is 1. The van der Waals surface area contributed by atoms with Gasteiger partial charge in [-0.2, -0.15) is 0 Å². The van der Waals surface area contributed by atoms with E-state index in [-0.39, 0.29) is 17.7 Å². The van der Waals surface area contributed by atoms with Gasteiger partial charge in [0.1, 0.15) is 0 Å². The van der Waals surface area contributed by atoms with E-state index in [1.807, 2.05) is 29.2 Å². The fourth-order valence-corrected chi connectivity index (χ4v) is 4.20. The van der Waals surface area contributed by atoms with Crippen molar-refractivity contribution in [1.29, 1.82) is 0 Å². The molecule has 3 amide bonds. The van der Waals surface area contributed by atoms with E-state index in [2.05, 4.69) is 5.32 Å². The van der Waals surface area contributed by atoms with Crippen LogP contribution in [0.1, 0.15) is 61.7 Å². The quantitative estimate of drug-likeness (QED) is 0.821. The molecule has 0 atom stereocenters. The van der Waals surface area contributed by atoms with Crippen LogP contribution in [-0.2, 0) is 9.59 Å². The molecule has 28 heavy (non-hydrogen) atoms. The van der Waals surface area contributed by atoms with E-state index in [9.17, 15) is 14.4 Å². The summed E-state index contributed by atoms with van der Waals surface area (Å²) in [6.45, 7) is 2.21. The molecular weight excluding hydrogens is 354 g/mol. The number of nitrogens with zero attached hydrogens (tertiary/aromatic N) is 2. The number of nitrogens with one attached hydrogen (secondary N) is 1. The normalized spacial score (nSPS) is 20.5. The predicted molar refractivity (Wildman–Crippen MR) is 107 cm³/mol. The van der Waals surface area contributed by atoms with E-state index < -0.39 is 0 Å². The Morgan fingerprint density at radius 1 is 1.07 bits per heavy atom. The second kappa shape index (κ2) is 8.33. The maximum absolute atomic E-state index is 12.9. The van der Waals surface area contributed by atoms with Gasteiger partial charge < -0.3 is 15.1 Å². The minimum atomic E-state index is 0.0402. The zero-order chi connectivity index (χ0) is 19.5. The van der Waals surface area contributed by atoms with Crippen LogP contribution in [-0.4, -0.2) is 48.3 Å². The first kappa shape index (κ1) is 19.0. The van der Waals surface area contributed by atoms with Crippen LogP contribution >= 0.6 is 0 Å². The molecule has 0 spiro atoms. The molecule has 0 bridgehead atoms. The molecule has 0 unspecified atom stereocenters. The van der Waals surface area contributed by atoms with Gasteiger partial charge in [0.05, 0.1) is 0 Å². The largest absolute Gasteiger partial charge is 0.353 e. The van der Waals surface area contributed by atoms with Crippen molar-refractivity contribution in [3.8, 4) is 0 Å². The molecule has 2 heterocycles. The highest BCUT2D eigenvalue weighted by Gasteiger charge is 2.27. The number of rotatable bonds is 6. The number of benzene rings is 1. The van der Waals surface area contributed by atoms with Crippen LogP contribution in [0.5, 0.6) is 0 Å². The molecule has 1 aromatic carbocycles. The van der Waals surface area contributed by atoms with Gasteiger partial charge in [-0.1, -0.05) is 6.07 Å². The van der Waals surface area contributed by atoms with Gasteiger partial charge in [0.2, 0.25) is 11.8 Å². The van der Waals surface area contributed by atoms with Gasteiger partial charge in [-0.05, 0) is 62.6 Å². The highest BCUT2D eigenvalue weighted by atomic mass is 16.2. The minimum Gasteiger partial charge on any atom is -0.353 e. The van der Waals surface area contributed by atoms with Crippen molar-refractivity contribution < 1.29 is 14.4 Å². The maximum Gasteiger partial charge on any atom is 0.253 e. The minimum absolute atomic E-state index is 0.0402. The van der Waals surface area contributed by atoms with Gasteiger partial charge in [0.25, 0.3) is 5.91 Å². The van der Waals surface area contributed by atoms with Crippen LogP contribution in [0.4, 0.5) is 5.69 Å². The van der Waals surface area contributed by atoms with Crippen molar-refractivity contribution in [3.05, 3.63) is 29.8 Å². The van der Waals surface area contributed by atoms with Crippen LogP contribution in [0.3, 0.4) is 0 Å². The van der Waals surface area contributed by atoms with Gasteiger partial charge in [-0.3, -0.25) is 14.4 Å². The molecule has 6 heteroatoms. The standard InChI is InChI=1S/C22H29N3O3/c26-20(23-18-7-8-18)9-6-16-10-13-24(14-11-16)22(28)17-3-1-4-19(15-17)25-12-2-5-21(25)27/h1,3-4,15-16,18H,2,5-14H2,(H,23,26). The molecule has 2 saturated heterocycles. The fraction of sp³-hybridized carbons (Fsp3) is 0.591. The van der Waals surface area contributed by atoms with Crippen LogP contribution in [0.2, 0.25) is 0 Å². The van der Waals surface area contributed by atoms with E-state index in [1.54, 1.807) is 4.90 Å². The lowest BCUT2D eigenvalue weighted by atomic mass is 9.91. The molecule has 1 aromatic rings. The number of hydrogen-bond acceptors (Lipinski definition) is 3. The highest BCUT2D eigenvalue weighted by Crippen LogP contribution is 2.26. The topological polar surface area (TPSA) is 69.7 Å². The smallest absolute Gasteiger partial charge is 0.253 e. The predicted octanol–water partition coefficient (Wildman–Crippen LogP) is 2.72. The van der Waals surface area contributed by atoms with Gasteiger partial charge in [0.15, 0.2) is 0 Å². The zero-order valence-electron chi connectivity index (χ0n) is 16.4. The monoisotopic (exact) mass is 383 g/mol. The first-order chi connectivity index (χ1) is 13.6. The van der Waals surface area contributed by atoms with Gasteiger partial charge in [0, 0.05) is 49.8 Å². The van der Waals surface area contributed by atoms with Crippen LogP contribution in [0.15, 0.2) is 24.3 Å². The van der Waals surface area contributed by atoms with E-state index in [0.29, 0.717) is 30.4 Å². The number of carbonyl (C=O) groups is 3. The Labute approximate surface area is 166 Å². The molecule has 1 aliphatic carbocycles. The van der Waals surface area contributed by atoms with Crippen LogP contribution in [0.25, 0.3) is 0 Å². The molecule has 6 nitrogen and oxygen atoms in total. The van der Waals surface area contributed by atoms with E-state index in [4.69, 9.17) is 0 Å². The molecule has 2 aliphatic heterocycles. The summed E-state index contributed by atoms with van der Waals surface area (Å²) in [7, 11) is 0. The van der Waals surface area contributed by atoms with Crippen molar-refractivity contribution in [1.82, 2.24) is 10.2 Å². The van der Waals surface area contributed by atoms with Gasteiger partial charge in [-0.15, -0.1) is 0 Å². The molecule has 150 valence electrons. The summed E-state index contributed by atoms with van der Waals surface area (Å²) in [6.07, 6.45) is 7.12. The number of piperidine rings is 1.